The van der Waals surface area contributed by atoms with Crippen molar-refractivity contribution in [3.8, 4) is 5.69 Å². The molecule has 1 unspecified atom stereocenters. The second kappa shape index (κ2) is 11.5. The van der Waals surface area contributed by atoms with Crippen LogP contribution in [0.5, 0.6) is 0 Å². The van der Waals surface area contributed by atoms with Gasteiger partial charge in [-0.2, -0.15) is 0 Å². The van der Waals surface area contributed by atoms with Crippen LogP contribution in [0, 0.1) is 6.92 Å². The van der Waals surface area contributed by atoms with Gasteiger partial charge in [-0.3, -0.25) is 4.99 Å². The molecule has 0 saturated carbocycles. The van der Waals surface area contributed by atoms with E-state index < -0.39 is 0 Å². The summed E-state index contributed by atoms with van der Waals surface area (Å²) in [5.74, 6) is 0. The Morgan fingerprint density at radius 1 is 0.931 bits per heavy atom. The Kier molecular flexibility index (Phi) is 10.8. The summed E-state index contributed by atoms with van der Waals surface area (Å²) < 4.78 is 4.14. The molecule has 2 heterocycles. The molecule has 0 spiro atoms. The average Bonchev–Trinajstić information content (AvgIpc) is 3.10. The number of hydrogen-bond acceptors (Lipinski definition) is 2. The van der Waals surface area contributed by atoms with Crippen LogP contribution in [0.2, 0.25) is 0 Å². The van der Waals surface area contributed by atoms with E-state index in [1.54, 1.807) is 0 Å². The first-order valence-electron chi connectivity index (χ1n) is 8.34. The molecular formula is C20H20Cl3N5Zn. The van der Waals surface area contributed by atoms with Crippen LogP contribution in [-0.4, -0.2) is 19.9 Å². The summed E-state index contributed by atoms with van der Waals surface area (Å²) in [4.78, 5) is 9.18. The summed E-state index contributed by atoms with van der Waals surface area (Å²) in [6.07, 6.45) is 0. The van der Waals surface area contributed by atoms with Crippen molar-refractivity contribution in [1.29, 1.82) is 0 Å². The molecule has 0 amide bonds. The first-order chi connectivity index (χ1) is 12.1. The van der Waals surface area contributed by atoms with Gasteiger partial charge in [0.15, 0.2) is 11.7 Å². The number of aromatic nitrogens is 2. The number of nitrogens with zero attached hydrogens (tertiary/aromatic N) is 5. The molecule has 2 aromatic carbocycles. The third kappa shape index (κ3) is 5.28. The SMILES string of the molecule is CC1=Nc2ccccc2C1N=[N+]=c1cc(C)n(C)n1-c1ccccc1.[Cl-].[Cl-].[Cl-].[Zn+2]. The number of rotatable bonds is 2. The fraction of sp³-hybridized carbons (Fsp3) is 0.200. The molecule has 4 rings (SSSR count). The third-order valence-corrected chi connectivity index (χ3v) is 4.57. The molecule has 148 valence electrons. The van der Waals surface area contributed by atoms with Crippen molar-refractivity contribution < 1.29 is 61.5 Å². The molecule has 0 aliphatic carbocycles. The Morgan fingerprint density at radius 2 is 1.55 bits per heavy atom. The largest absolute Gasteiger partial charge is 2.00 e. The molecule has 1 aromatic heterocycles. The van der Waals surface area contributed by atoms with E-state index in [0.29, 0.717) is 0 Å². The number of fused-ring (bicyclic) bond motifs is 1. The normalized spacial score (nSPS) is 13.3. The van der Waals surface area contributed by atoms with Crippen LogP contribution < -0.4 is 42.7 Å². The number of para-hydroxylation sites is 2. The number of hydrogen-bond donors (Lipinski definition) is 0. The molecule has 0 fully saturated rings. The van der Waals surface area contributed by atoms with Crippen LogP contribution in [0.15, 0.2) is 70.8 Å². The number of aryl methyl sites for hydroxylation is 1. The smallest absolute Gasteiger partial charge is 1.00 e. The molecule has 9 heteroatoms. The standard InChI is InChI=1S/C20H20N5.3ClH.Zn/c1-14-13-19(25(24(14)3)16-9-5-4-6-10-16)22-23-20-15(2)21-18-12-8-7-11-17(18)20;;;;/h4-13,20H,1-3H3;3*1H;/q+1;;;;+2/p-3. The zero-order chi connectivity index (χ0) is 17.4. The Balaban J connectivity index is 0.00000196. The maximum Gasteiger partial charge on any atom is 2.00 e. The van der Waals surface area contributed by atoms with Crippen LogP contribution in [0.1, 0.15) is 24.2 Å². The summed E-state index contributed by atoms with van der Waals surface area (Å²) in [5.41, 5.74) is 6.07. The van der Waals surface area contributed by atoms with E-state index in [1.165, 1.54) is 0 Å². The summed E-state index contributed by atoms with van der Waals surface area (Å²) in [6, 6.07) is 20.2. The van der Waals surface area contributed by atoms with Crippen molar-refractivity contribution >= 4 is 11.4 Å². The quantitative estimate of drug-likeness (QED) is 0.191. The first-order valence-corrected chi connectivity index (χ1v) is 8.34. The monoisotopic (exact) mass is 499 g/mol. The minimum absolute atomic E-state index is 0. The van der Waals surface area contributed by atoms with Gasteiger partial charge in [-0.25, -0.2) is 4.68 Å². The van der Waals surface area contributed by atoms with Crippen LogP contribution in [0.3, 0.4) is 0 Å². The first kappa shape index (κ1) is 27.3. The van der Waals surface area contributed by atoms with Gasteiger partial charge in [0, 0.05) is 18.3 Å². The Morgan fingerprint density at radius 3 is 2.24 bits per heavy atom. The zero-order valence-corrected chi connectivity index (χ0v) is 21.7. The van der Waals surface area contributed by atoms with Crippen LogP contribution >= 0.6 is 0 Å². The number of benzene rings is 2. The molecule has 0 saturated heterocycles. The van der Waals surface area contributed by atoms with Gasteiger partial charge in [0.1, 0.15) is 0 Å². The Hall–Kier alpha value is -1.68. The van der Waals surface area contributed by atoms with Gasteiger partial charge in [-0.15, -0.1) is 4.68 Å². The predicted molar refractivity (Wildman–Crippen MR) is 97.3 cm³/mol. The molecule has 0 bridgehead atoms. The van der Waals surface area contributed by atoms with Gasteiger partial charge in [-0.1, -0.05) is 41.2 Å². The molecule has 1 aliphatic heterocycles. The van der Waals surface area contributed by atoms with Crippen LogP contribution in [0.25, 0.3) is 5.69 Å². The van der Waals surface area contributed by atoms with Gasteiger partial charge in [0.05, 0.1) is 17.4 Å². The zero-order valence-electron chi connectivity index (χ0n) is 16.4. The molecule has 29 heavy (non-hydrogen) atoms. The van der Waals surface area contributed by atoms with E-state index >= 15 is 0 Å². The Labute approximate surface area is 201 Å². The fourth-order valence-corrected chi connectivity index (χ4v) is 3.16. The second-order valence-electron chi connectivity index (χ2n) is 6.24. The van der Waals surface area contributed by atoms with E-state index in [4.69, 9.17) is 0 Å². The minimum Gasteiger partial charge on any atom is -1.00 e. The van der Waals surface area contributed by atoms with Crippen LogP contribution in [-0.2, 0) is 26.5 Å². The van der Waals surface area contributed by atoms with Crippen molar-refractivity contribution in [2.45, 2.75) is 19.9 Å². The average molecular weight is 502 g/mol. The fourth-order valence-electron chi connectivity index (χ4n) is 3.16. The second-order valence-corrected chi connectivity index (χ2v) is 6.24. The van der Waals surface area contributed by atoms with Crippen molar-refractivity contribution in [2.24, 2.45) is 17.2 Å². The molecule has 1 atom stereocenters. The predicted octanol–water partition coefficient (Wildman–Crippen LogP) is -5.46. The molecule has 5 nitrogen and oxygen atoms in total. The Bertz CT molecular complexity index is 1080. The van der Waals surface area contributed by atoms with Crippen LogP contribution in [0.4, 0.5) is 5.69 Å². The number of halogens is 3. The molecular weight excluding hydrogens is 482 g/mol. The molecule has 3 aromatic rings. The van der Waals surface area contributed by atoms with Gasteiger partial charge in [0.25, 0.3) is 0 Å². The van der Waals surface area contributed by atoms with E-state index in [-0.39, 0.29) is 62.7 Å². The van der Waals surface area contributed by atoms with E-state index in [1.807, 2.05) is 56.4 Å². The van der Waals surface area contributed by atoms with Gasteiger partial charge >= 0.3 is 25.0 Å². The molecule has 0 radical (unpaired) electrons. The van der Waals surface area contributed by atoms with Gasteiger partial charge in [0.2, 0.25) is 0 Å². The van der Waals surface area contributed by atoms with E-state index in [9.17, 15) is 0 Å². The molecule has 0 N–H and O–H groups in total. The van der Waals surface area contributed by atoms with Gasteiger partial charge < -0.3 is 37.2 Å². The minimum atomic E-state index is -0.110. The van der Waals surface area contributed by atoms with Crippen molar-refractivity contribution in [3.63, 3.8) is 0 Å². The summed E-state index contributed by atoms with van der Waals surface area (Å²) >= 11 is 0. The summed E-state index contributed by atoms with van der Waals surface area (Å²) in [7, 11) is 2.03. The third-order valence-electron chi connectivity index (χ3n) is 4.57. The summed E-state index contributed by atoms with van der Waals surface area (Å²) in [5, 5.41) is 4.62. The summed E-state index contributed by atoms with van der Waals surface area (Å²) in [6.45, 7) is 4.07. The number of aliphatic imine (C=N–C) groups is 1. The van der Waals surface area contributed by atoms with E-state index in [2.05, 4.69) is 49.4 Å². The molecule has 1 aliphatic rings. The maximum atomic E-state index is 4.62. The maximum absolute atomic E-state index is 4.62. The topological polar surface area (TPSA) is 48.7 Å². The van der Waals surface area contributed by atoms with Gasteiger partial charge in [-0.05, 0) is 37.2 Å². The van der Waals surface area contributed by atoms with Crippen molar-refractivity contribution in [1.82, 2.24) is 9.36 Å². The van der Waals surface area contributed by atoms with Crippen molar-refractivity contribution in [3.05, 3.63) is 77.4 Å². The van der Waals surface area contributed by atoms with Crippen molar-refractivity contribution in [2.75, 3.05) is 0 Å². The van der Waals surface area contributed by atoms with E-state index in [0.717, 1.165) is 33.8 Å².